The second kappa shape index (κ2) is 8.24. The Labute approximate surface area is 150 Å². The quantitative estimate of drug-likeness (QED) is 0.621. The monoisotopic (exact) mass is 358 g/mol. The van der Waals surface area contributed by atoms with Crippen LogP contribution < -0.4 is 21.7 Å². The number of hydrogen-bond donors (Lipinski definition) is 4. The normalized spacial score (nSPS) is 19.6. The number of thiophene rings is 1. The lowest BCUT2D eigenvalue weighted by molar-refractivity contribution is -0.121. The fraction of sp³-hybridized carbons (Fsp3) is 0.333. The second-order valence-corrected chi connectivity index (χ2v) is 7.05. The molecule has 6 nitrogen and oxygen atoms in total. The highest BCUT2D eigenvalue weighted by Crippen LogP contribution is 2.23. The third kappa shape index (κ3) is 4.88. The van der Waals surface area contributed by atoms with Gasteiger partial charge in [-0.1, -0.05) is 30.3 Å². The maximum absolute atomic E-state index is 12.4. The van der Waals surface area contributed by atoms with Crippen LogP contribution >= 0.6 is 11.3 Å². The van der Waals surface area contributed by atoms with Crippen LogP contribution in [0, 0.1) is 0 Å². The SMILES string of the molecule is NCC(=O)NC1CN[C@H](C(=O)Nc2cc(Cc3ccccc3)cs2)C1. The van der Waals surface area contributed by atoms with Crippen LogP contribution in [0.15, 0.2) is 41.8 Å². The molecular weight excluding hydrogens is 336 g/mol. The van der Waals surface area contributed by atoms with Crippen molar-refractivity contribution in [1.82, 2.24) is 10.6 Å². The van der Waals surface area contributed by atoms with Gasteiger partial charge in [-0.25, -0.2) is 0 Å². The molecule has 1 aromatic carbocycles. The lowest BCUT2D eigenvalue weighted by Crippen LogP contribution is -2.39. The number of rotatable bonds is 6. The van der Waals surface area contributed by atoms with Crippen LogP contribution in [0.25, 0.3) is 0 Å². The highest BCUT2D eigenvalue weighted by atomic mass is 32.1. The fourth-order valence-electron chi connectivity index (χ4n) is 2.91. The van der Waals surface area contributed by atoms with Crippen molar-refractivity contribution in [1.29, 1.82) is 0 Å². The van der Waals surface area contributed by atoms with E-state index in [-0.39, 0.29) is 30.4 Å². The van der Waals surface area contributed by atoms with Crippen molar-refractivity contribution in [3.63, 3.8) is 0 Å². The van der Waals surface area contributed by atoms with Gasteiger partial charge in [0, 0.05) is 12.6 Å². The van der Waals surface area contributed by atoms with Crippen molar-refractivity contribution in [3.05, 3.63) is 52.9 Å². The first kappa shape index (κ1) is 17.6. The van der Waals surface area contributed by atoms with Crippen LogP contribution in [0.4, 0.5) is 5.00 Å². The smallest absolute Gasteiger partial charge is 0.242 e. The van der Waals surface area contributed by atoms with Crippen molar-refractivity contribution >= 4 is 28.2 Å². The van der Waals surface area contributed by atoms with Crippen LogP contribution in [0.2, 0.25) is 0 Å². The van der Waals surface area contributed by atoms with E-state index in [1.165, 1.54) is 22.5 Å². The van der Waals surface area contributed by atoms with Crippen LogP contribution in [-0.4, -0.2) is 37.0 Å². The van der Waals surface area contributed by atoms with E-state index in [1.807, 2.05) is 24.3 Å². The summed E-state index contributed by atoms with van der Waals surface area (Å²) in [5.41, 5.74) is 7.72. The molecule has 2 atom stereocenters. The summed E-state index contributed by atoms with van der Waals surface area (Å²) in [6.07, 6.45) is 1.42. The molecule has 2 heterocycles. The molecule has 1 saturated heterocycles. The molecule has 132 valence electrons. The topological polar surface area (TPSA) is 96.2 Å². The van der Waals surface area contributed by atoms with E-state index in [9.17, 15) is 9.59 Å². The standard InChI is InChI=1S/C18H22N4O2S/c19-9-16(23)21-14-8-15(20-10-14)18(24)22-17-7-13(11-25-17)6-12-4-2-1-3-5-12/h1-5,7,11,14-15,20H,6,8-10,19H2,(H,21,23)(H,22,24)/t14?,15-/m0/s1. The van der Waals surface area contributed by atoms with Gasteiger partial charge in [-0.15, -0.1) is 11.3 Å². The van der Waals surface area contributed by atoms with Crippen molar-refractivity contribution < 1.29 is 9.59 Å². The number of nitrogens with one attached hydrogen (secondary N) is 3. The highest BCUT2D eigenvalue weighted by Gasteiger charge is 2.30. The van der Waals surface area contributed by atoms with Crippen molar-refractivity contribution in [2.75, 3.05) is 18.4 Å². The summed E-state index contributed by atoms with van der Waals surface area (Å²) >= 11 is 1.52. The Kier molecular flexibility index (Phi) is 5.80. The first-order valence-corrected chi connectivity index (χ1v) is 9.17. The van der Waals surface area contributed by atoms with Gasteiger partial charge >= 0.3 is 0 Å². The average Bonchev–Trinajstić information content (AvgIpc) is 3.25. The van der Waals surface area contributed by atoms with E-state index in [0.29, 0.717) is 13.0 Å². The van der Waals surface area contributed by atoms with E-state index in [4.69, 9.17) is 5.73 Å². The Bertz CT molecular complexity index is 732. The number of amides is 2. The zero-order chi connectivity index (χ0) is 17.6. The summed E-state index contributed by atoms with van der Waals surface area (Å²) in [6.45, 7) is 0.542. The van der Waals surface area contributed by atoms with E-state index >= 15 is 0 Å². The molecule has 1 aliphatic heterocycles. The first-order chi connectivity index (χ1) is 12.1. The molecule has 25 heavy (non-hydrogen) atoms. The van der Waals surface area contributed by atoms with E-state index < -0.39 is 0 Å². The maximum Gasteiger partial charge on any atom is 0.242 e. The largest absolute Gasteiger partial charge is 0.351 e. The lowest BCUT2D eigenvalue weighted by Gasteiger charge is -2.11. The molecule has 0 spiro atoms. The Balaban J connectivity index is 1.51. The van der Waals surface area contributed by atoms with Crippen molar-refractivity contribution in [3.8, 4) is 0 Å². The number of benzene rings is 1. The van der Waals surface area contributed by atoms with Crippen LogP contribution in [0.1, 0.15) is 17.5 Å². The summed E-state index contributed by atoms with van der Waals surface area (Å²) in [4.78, 5) is 23.7. The van der Waals surface area contributed by atoms with Gasteiger partial charge in [0.25, 0.3) is 0 Å². The van der Waals surface area contributed by atoms with Crippen LogP contribution in [0.3, 0.4) is 0 Å². The minimum Gasteiger partial charge on any atom is -0.351 e. The molecule has 0 bridgehead atoms. The summed E-state index contributed by atoms with van der Waals surface area (Å²) < 4.78 is 0. The van der Waals surface area contributed by atoms with Gasteiger partial charge in [0.1, 0.15) is 0 Å². The zero-order valence-corrected chi connectivity index (χ0v) is 14.6. The summed E-state index contributed by atoms with van der Waals surface area (Å²) in [5, 5.41) is 11.8. The summed E-state index contributed by atoms with van der Waals surface area (Å²) in [5.74, 6) is -0.269. The van der Waals surface area contributed by atoms with Gasteiger partial charge in [-0.05, 0) is 35.4 Å². The molecule has 1 fully saturated rings. The first-order valence-electron chi connectivity index (χ1n) is 8.29. The van der Waals surface area contributed by atoms with Gasteiger partial charge < -0.3 is 21.7 Å². The predicted molar refractivity (Wildman–Crippen MR) is 99.6 cm³/mol. The van der Waals surface area contributed by atoms with Gasteiger partial charge in [0.15, 0.2) is 0 Å². The molecule has 5 N–H and O–H groups in total. The molecule has 2 aromatic rings. The van der Waals surface area contributed by atoms with E-state index in [2.05, 4.69) is 33.5 Å². The summed E-state index contributed by atoms with van der Waals surface area (Å²) in [6, 6.07) is 11.9. The predicted octanol–water partition coefficient (Wildman–Crippen LogP) is 1.08. The minimum absolute atomic E-state index is 0.0350. The molecule has 0 saturated carbocycles. The molecule has 2 amide bonds. The maximum atomic E-state index is 12.4. The third-order valence-corrected chi connectivity index (χ3v) is 5.04. The third-order valence-electron chi connectivity index (χ3n) is 4.15. The number of hydrogen-bond acceptors (Lipinski definition) is 5. The Morgan fingerprint density at radius 2 is 2.04 bits per heavy atom. The fourth-order valence-corrected chi connectivity index (χ4v) is 3.71. The lowest BCUT2D eigenvalue weighted by atomic mass is 10.1. The number of carbonyl (C=O) groups is 2. The van der Waals surface area contributed by atoms with Gasteiger partial charge in [-0.2, -0.15) is 0 Å². The van der Waals surface area contributed by atoms with Gasteiger partial charge in [0.05, 0.1) is 17.6 Å². The molecule has 1 unspecified atom stereocenters. The van der Waals surface area contributed by atoms with Gasteiger partial charge in [-0.3, -0.25) is 9.59 Å². The van der Waals surface area contributed by atoms with Crippen molar-refractivity contribution in [2.45, 2.75) is 24.9 Å². The average molecular weight is 358 g/mol. The van der Waals surface area contributed by atoms with Crippen LogP contribution in [-0.2, 0) is 16.0 Å². The molecule has 0 aliphatic carbocycles. The molecule has 1 aliphatic rings. The second-order valence-electron chi connectivity index (χ2n) is 6.14. The number of anilines is 1. The highest BCUT2D eigenvalue weighted by molar-refractivity contribution is 7.14. The molecular formula is C18H22N4O2S. The van der Waals surface area contributed by atoms with E-state index in [1.54, 1.807) is 0 Å². The Morgan fingerprint density at radius 1 is 1.24 bits per heavy atom. The zero-order valence-electron chi connectivity index (χ0n) is 13.8. The molecule has 0 radical (unpaired) electrons. The van der Waals surface area contributed by atoms with E-state index in [0.717, 1.165) is 11.4 Å². The Hall–Kier alpha value is -2.22. The molecule has 7 heteroatoms. The molecule has 1 aromatic heterocycles. The number of carbonyl (C=O) groups excluding carboxylic acids is 2. The number of nitrogens with two attached hydrogens (primary N) is 1. The van der Waals surface area contributed by atoms with Crippen LogP contribution in [0.5, 0.6) is 0 Å². The summed E-state index contributed by atoms with van der Waals surface area (Å²) in [7, 11) is 0. The van der Waals surface area contributed by atoms with Crippen molar-refractivity contribution in [2.24, 2.45) is 5.73 Å². The minimum atomic E-state index is -0.303. The van der Waals surface area contributed by atoms with Gasteiger partial charge in [0.2, 0.25) is 11.8 Å². The molecule has 3 rings (SSSR count). The Morgan fingerprint density at radius 3 is 2.80 bits per heavy atom.